The van der Waals surface area contributed by atoms with Gasteiger partial charge in [0.15, 0.2) is 11.4 Å². The second kappa shape index (κ2) is 9.49. The molecule has 0 saturated carbocycles. The van der Waals surface area contributed by atoms with Crippen molar-refractivity contribution in [2.24, 2.45) is 0 Å². The zero-order valence-electron chi connectivity index (χ0n) is 16.6. The lowest BCUT2D eigenvalue weighted by atomic mass is 10.2. The molecule has 0 aliphatic carbocycles. The number of nitrogens with one attached hydrogen (secondary N) is 2. The first-order chi connectivity index (χ1) is 14.6. The van der Waals surface area contributed by atoms with Crippen molar-refractivity contribution in [3.8, 4) is 0 Å². The maximum Gasteiger partial charge on any atom is 0.289 e. The van der Waals surface area contributed by atoms with Gasteiger partial charge in [-0.15, -0.1) is 0 Å². The molecule has 0 unspecified atom stereocenters. The number of nitro groups is 1. The Morgan fingerprint density at radius 1 is 1.19 bits per heavy atom. The van der Waals surface area contributed by atoms with Gasteiger partial charge in [0.1, 0.15) is 0 Å². The molecule has 1 fully saturated rings. The van der Waals surface area contributed by atoms with E-state index in [1.807, 2.05) is 0 Å². The first kappa shape index (κ1) is 23.4. The lowest BCUT2D eigenvalue weighted by Gasteiger charge is -2.31. The van der Waals surface area contributed by atoms with Gasteiger partial charge in [-0.25, -0.2) is 8.42 Å². The van der Waals surface area contributed by atoms with Crippen LogP contribution in [-0.4, -0.2) is 56.3 Å². The molecule has 9 nitrogen and oxygen atoms in total. The minimum atomic E-state index is -4.01. The van der Waals surface area contributed by atoms with Crippen molar-refractivity contribution in [3.05, 3.63) is 62.1 Å². The lowest BCUT2D eigenvalue weighted by Crippen LogP contribution is -3.15. The summed E-state index contributed by atoms with van der Waals surface area (Å²) < 4.78 is 27.0. The maximum absolute atomic E-state index is 12.9. The average molecular weight is 488 g/mol. The Bertz CT molecular complexity index is 1120. The number of nitrogens with zero attached hydrogens (tertiary/aromatic N) is 2. The van der Waals surface area contributed by atoms with Crippen LogP contribution in [0.25, 0.3) is 0 Å². The molecule has 0 aromatic heterocycles. The topological polar surface area (TPSA) is 114 Å². The number of halogens is 2. The summed E-state index contributed by atoms with van der Waals surface area (Å²) >= 11 is 12.3. The molecule has 0 spiro atoms. The van der Waals surface area contributed by atoms with Crippen LogP contribution in [0.2, 0.25) is 10.0 Å². The van der Waals surface area contributed by atoms with Crippen LogP contribution in [0.1, 0.15) is 5.56 Å². The van der Waals surface area contributed by atoms with E-state index in [1.165, 1.54) is 28.6 Å². The third kappa shape index (κ3) is 5.16. The Morgan fingerprint density at radius 2 is 1.84 bits per heavy atom. The summed E-state index contributed by atoms with van der Waals surface area (Å²) in [5.74, 6) is -0.292. The van der Waals surface area contributed by atoms with E-state index in [9.17, 15) is 23.3 Å². The van der Waals surface area contributed by atoms with Crippen LogP contribution < -0.4 is 10.2 Å². The van der Waals surface area contributed by atoms with Crippen LogP contribution in [-0.2, 0) is 14.8 Å². The first-order valence-electron chi connectivity index (χ1n) is 9.43. The van der Waals surface area contributed by atoms with Gasteiger partial charge in [0.05, 0.1) is 46.8 Å². The van der Waals surface area contributed by atoms with Crippen LogP contribution in [0.5, 0.6) is 0 Å². The molecule has 0 atom stereocenters. The molecule has 1 amide bonds. The van der Waals surface area contributed by atoms with Crippen molar-refractivity contribution in [1.29, 1.82) is 0 Å². The molecule has 166 valence electrons. The Kier molecular flexibility index (Phi) is 7.17. The van der Waals surface area contributed by atoms with Crippen LogP contribution in [0.3, 0.4) is 0 Å². The molecule has 2 N–H and O–H groups in total. The molecule has 2 aromatic rings. The Morgan fingerprint density at radius 3 is 2.48 bits per heavy atom. The molecule has 12 heteroatoms. The summed E-state index contributed by atoms with van der Waals surface area (Å²) in [5.41, 5.74) is 0.677. The van der Waals surface area contributed by atoms with Crippen molar-refractivity contribution >= 4 is 50.5 Å². The molecule has 1 aliphatic rings. The molecule has 3 rings (SSSR count). The van der Waals surface area contributed by atoms with Crippen LogP contribution >= 0.6 is 23.2 Å². The molecule has 1 saturated heterocycles. The average Bonchev–Trinajstić information content (AvgIpc) is 2.74. The van der Waals surface area contributed by atoms with Gasteiger partial charge in [0.25, 0.3) is 11.6 Å². The van der Waals surface area contributed by atoms with Gasteiger partial charge in [-0.2, -0.15) is 4.31 Å². The zero-order valence-corrected chi connectivity index (χ0v) is 18.9. The fraction of sp³-hybridized carbons (Fsp3) is 0.316. The summed E-state index contributed by atoms with van der Waals surface area (Å²) in [7, 11) is -4.01. The molecular formula is C19H21Cl2N4O5S+. The van der Waals surface area contributed by atoms with Gasteiger partial charge in [0.2, 0.25) is 10.0 Å². The minimum absolute atomic E-state index is 0.111. The van der Waals surface area contributed by atoms with Gasteiger partial charge in [0, 0.05) is 6.07 Å². The molecule has 1 heterocycles. The number of anilines is 1. The Balaban J connectivity index is 1.63. The number of nitro benzene ring substituents is 1. The lowest BCUT2D eigenvalue weighted by molar-refractivity contribution is -0.895. The van der Waals surface area contributed by atoms with Crippen molar-refractivity contribution < 1.29 is 23.0 Å². The molecule has 1 aliphatic heterocycles. The van der Waals surface area contributed by atoms with E-state index < -0.39 is 20.6 Å². The largest absolute Gasteiger partial charge is 0.325 e. The van der Waals surface area contributed by atoms with E-state index in [-0.39, 0.29) is 30.4 Å². The molecule has 31 heavy (non-hydrogen) atoms. The summed E-state index contributed by atoms with van der Waals surface area (Å²) in [6.07, 6.45) is 0. The summed E-state index contributed by atoms with van der Waals surface area (Å²) in [5, 5.41) is 14.6. The number of quaternary nitrogens is 1. The standard InChI is InChI=1S/C19H20Cl2N4O5S/c1-13-6-7-14(20)19(18(13)21)22-17(26)12-23-8-10-24(11-9-23)31(29,30)16-5-3-2-4-15(16)25(27)28/h2-7H,8-12H2,1H3,(H,22,26)/p+1. The van der Waals surface area contributed by atoms with E-state index in [0.717, 1.165) is 10.5 Å². The normalized spacial score (nSPS) is 15.6. The number of piperazine rings is 1. The number of rotatable bonds is 6. The number of sulfonamides is 1. The second-order valence-electron chi connectivity index (χ2n) is 7.16. The monoisotopic (exact) mass is 487 g/mol. The van der Waals surface area contributed by atoms with E-state index in [0.29, 0.717) is 28.8 Å². The fourth-order valence-electron chi connectivity index (χ4n) is 3.37. The number of hydrogen-bond acceptors (Lipinski definition) is 5. The number of carbonyl (C=O) groups excluding carboxylic acids is 1. The number of hydrogen-bond donors (Lipinski definition) is 2. The van der Waals surface area contributed by atoms with Crippen LogP contribution in [0.4, 0.5) is 11.4 Å². The third-order valence-electron chi connectivity index (χ3n) is 5.07. The summed E-state index contributed by atoms with van der Waals surface area (Å²) in [6.45, 7) is 2.95. The number of para-hydroxylation sites is 1. The van der Waals surface area contributed by atoms with Crippen molar-refractivity contribution in [2.75, 3.05) is 38.0 Å². The van der Waals surface area contributed by atoms with Crippen molar-refractivity contribution in [2.45, 2.75) is 11.8 Å². The van der Waals surface area contributed by atoms with E-state index >= 15 is 0 Å². The number of amides is 1. The highest BCUT2D eigenvalue weighted by molar-refractivity contribution is 7.89. The zero-order chi connectivity index (χ0) is 22.8. The van der Waals surface area contributed by atoms with E-state index in [1.54, 1.807) is 19.1 Å². The minimum Gasteiger partial charge on any atom is -0.325 e. The maximum atomic E-state index is 12.9. The van der Waals surface area contributed by atoms with Crippen molar-refractivity contribution in [3.63, 3.8) is 0 Å². The van der Waals surface area contributed by atoms with Gasteiger partial charge in [-0.05, 0) is 24.6 Å². The number of carbonyl (C=O) groups is 1. The number of benzene rings is 2. The molecular weight excluding hydrogens is 467 g/mol. The van der Waals surface area contributed by atoms with Crippen molar-refractivity contribution in [1.82, 2.24) is 4.31 Å². The van der Waals surface area contributed by atoms with E-state index in [2.05, 4.69) is 5.32 Å². The number of aryl methyl sites for hydroxylation is 1. The fourth-order valence-corrected chi connectivity index (χ4v) is 5.43. The molecule has 0 bridgehead atoms. The van der Waals surface area contributed by atoms with Crippen LogP contribution in [0.15, 0.2) is 41.3 Å². The van der Waals surface area contributed by atoms with E-state index in [4.69, 9.17) is 23.2 Å². The smallest absolute Gasteiger partial charge is 0.289 e. The Labute approximate surface area is 189 Å². The molecule has 0 radical (unpaired) electrons. The third-order valence-corrected chi connectivity index (χ3v) is 7.82. The summed E-state index contributed by atoms with van der Waals surface area (Å²) in [6, 6.07) is 8.67. The van der Waals surface area contributed by atoms with Gasteiger partial charge >= 0.3 is 0 Å². The highest BCUT2D eigenvalue weighted by Crippen LogP contribution is 2.32. The quantitative estimate of drug-likeness (QED) is 0.475. The van der Waals surface area contributed by atoms with Gasteiger partial charge < -0.3 is 10.2 Å². The first-order valence-corrected chi connectivity index (χ1v) is 11.6. The predicted molar refractivity (Wildman–Crippen MR) is 117 cm³/mol. The highest BCUT2D eigenvalue weighted by Gasteiger charge is 2.35. The van der Waals surface area contributed by atoms with Gasteiger partial charge in [-0.1, -0.05) is 41.4 Å². The summed E-state index contributed by atoms with van der Waals surface area (Å²) in [4.78, 5) is 23.5. The second-order valence-corrected chi connectivity index (χ2v) is 9.85. The predicted octanol–water partition coefficient (Wildman–Crippen LogP) is 1.74. The van der Waals surface area contributed by atoms with Crippen LogP contribution in [0, 0.1) is 17.0 Å². The Hall–Kier alpha value is -2.24. The highest BCUT2D eigenvalue weighted by atomic mass is 35.5. The van der Waals surface area contributed by atoms with Gasteiger partial charge in [-0.3, -0.25) is 14.9 Å². The molecule has 2 aromatic carbocycles. The SMILES string of the molecule is Cc1ccc(Cl)c(NC(=O)C[NH+]2CCN(S(=O)(=O)c3ccccc3[N+](=O)[O-])CC2)c1Cl.